The molecule has 2 atom stereocenters. The molecule has 2 aliphatic rings. The second-order valence-corrected chi connectivity index (χ2v) is 5.03. The molecule has 0 spiro atoms. The molecule has 0 bridgehead atoms. The molecule has 2 fully saturated rings. The molecule has 1 heterocycles. The SMILES string of the molecule is CC(NC(=O)C1CCNC1)C1CCCC1.Cl. The number of hydrogen-bond donors (Lipinski definition) is 2. The summed E-state index contributed by atoms with van der Waals surface area (Å²) in [6.07, 6.45) is 6.28. The summed E-state index contributed by atoms with van der Waals surface area (Å²) < 4.78 is 0. The van der Waals surface area contributed by atoms with Gasteiger partial charge in [-0.3, -0.25) is 4.79 Å². The van der Waals surface area contributed by atoms with Gasteiger partial charge in [-0.15, -0.1) is 12.4 Å². The van der Waals surface area contributed by atoms with Crippen LogP contribution in [0.25, 0.3) is 0 Å². The van der Waals surface area contributed by atoms with Crippen molar-refractivity contribution in [3.63, 3.8) is 0 Å². The Morgan fingerprint density at radius 1 is 1.31 bits per heavy atom. The van der Waals surface area contributed by atoms with Gasteiger partial charge < -0.3 is 10.6 Å². The van der Waals surface area contributed by atoms with Gasteiger partial charge in [0, 0.05) is 12.6 Å². The fraction of sp³-hybridized carbons (Fsp3) is 0.917. The van der Waals surface area contributed by atoms with Crippen molar-refractivity contribution < 1.29 is 4.79 Å². The number of nitrogens with one attached hydrogen (secondary N) is 2. The van der Waals surface area contributed by atoms with E-state index in [0.29, 0.717) is 6.04 Å². The molecule has 1 saturated heterocycles. The molecule has 4 heteroatoms. The van der Waals surface area contributed by atoms with E-state index in [-0.39, 0.29) is 24.2 Å². The highest BCUT2D eigenvalue weighted by Gasteiger charge is 2.27. The first-order valence-corrected chi connectivity index (χ1v) is 6.28. The zero-order valence-electron chi connectivity index (χ0n) is 10.00. The molecule has 0 radical (unpaired) electrons. The predicted molar refractivity (Wildman–Crippen MR) is 67.8 cm³/mol. The van der Waals surface area contributed by atoms with Crippen molar-refractivity contribution in [1.82, 2.24) is 10.6 Å². The fourth-order valence-electron chi connectivity index (χ4n) is 2.80. The minimum absolute atomic E-state index is 0. The molecule has 0 aromatic carbocycles. The molecule has 1 aliphatic heterocycles. The van der Waals surface area contributed by atoms with Crippen LogP contribution in [0.2, 0.25) is 0 Å². The van der Waals surface area contributed by atoms with E-state index in [1.165, 1.54) is 25.7 Å². The average molecular weight is 247 g/mol. The Kier molecular flexibility index (Phi) is 5.56. The summed E-state index contributed by atoms with van der Waals surface area (Å²) >= 11 is 0. The molecule has 0 aromatic heterocycles. The zero-order chi connectivity index (χ0) is 10.7. The minimum Gasteiger partial charge on any atom is -0.353 e. The Balaban J connectivity index is 0.00000128. The van der Waals surface area contributed by atoms with Crippen molar-refractivity contribution in [1.29, 1.82) is 0 Å². The summed E-state index contributed by atoms with van der Waals surface area (Å²) in [6, 6.07) is 0.376. The third kappa shape index (κ3) is 3.36. The van der Waals surface area contributed by atoms with Gasteiger partial charge >= 0.3 is 0 Å². The van der Waals surface area contributed by atoms with Crippen LogP contribution in [-0.2, 0) is 4.79 Å². The molecule has 2 rings (SSSR count). The van der Waals surface area contributed by atoms with E-state index in [9.17, 15) is 4.79 Å². The highest BCUT2D eigenvalue weighted by atomic mass is 35.5. The van der Waals surface area contributed by atoms with Crippen LogP contribution in [0, 0.1) is 11.8 Å². The van der Waals surface area contributed by atoms with Crippen LogP contribution in [0.3, 0.4) is 0 Å². The quantitative estimate of drug-likeness (QED) is 0.796. The Labute approximate surface area is 104 Å². The smallest absolute Gasteiger partial charge is 0.224 e. The standard InChI is InChI=1S/C12H22N2O.ClH/c1-9(10-4-2-3-5-10)14-12(15)11-6-7-13-8-11;/h9-11,13H,2-8H2,1H3,(H,14,15);1H. The average Bonchev–Trinajstić information content (AvgIpc) is 2.91. The third-order valence-corrected chi connectivity index (χ3v) is 3.91. The maximum Gasteiger partial charge on any atom is 0.224 e. The molecule has 1 amide bonds. The first-order chi connectivity index (χ1) is 7.27. The third-order valence-electron chi connectivity index (χ3n) is 3.91. The lowest BCUT2D eigenvalue weighted by atomic mass is 9.98. The second kappa shape index (κ2) is 6.45. The number of amides is 1. The van der Waals surface area contributed by atoms with Crippen molar-refractivity contribution in [2.75, 3.05) is 13.1 Å². The second-order valence-electron chi connectivity index (χ2n) is 5.03. The highest BCUT2D eigenvalue weighted by molar-refractivity contribution is 5.85. The monoisotopic (exact) mass is 246 g/mol. The van der Waals surface area contributed by atoms with Gasteiger partial charge in [0.25, 0.3) is 0 Å². The molecule has 1 saturated carbocycles. The molecule has 94 valence electrons. The van der Waals surface area contributed by atoms with Gasteiger partial charge in [-0.25, -0.2) is 0 Å². The van der Waals surface area contributed by atoms with E-state index >= 15 is 0 Å². The van der Waals surface area contributed by atoms with E-state index in [2.05, 4.69) is 17.6 Å². The van der Waals surface area contributed by atoms with Crippen LogP contribution >= 0.6 is 12.4 Å². The van der Waals surface area contributed by atoms with Gasteiger partial charge in [0.1, 0.15) is 0 Å². The summed E-state index contributed by atoms with van der Waals surface area (Å²) in [7, 11) is 0. The molecule has 2 N–H and O–H groups in total. The van der Waals surface area contributed by atoms with Crippen LogP contribution in [0.5, 0.6) is 0 Å². The zero-order valence-corrected chi connectivity index (χ0v) is 10.8. The van der Waals surface area contributed by atoms with Crippen LogP contribution in [0.1, 0.15) is 39.0 Å². The summed E-state index contributed by atoms with van der Waals surface area (Å²) in [5.41, 5.74) is 0. The van der Waals surface area contributed by atoms with Crippen molar-refractivity contribution in [2.45, 2.75) is 45.1 Å². The summed E-state index contributed by atoms with van der Waals surface area (Å²) in [4.78, 5) is 11.9. The van der Waals surface area contributed by atoms with Crippen LogP contribution < -0.4 is 10.6 Å². The van der Waals surface area contributed by atoms with E-state index in [4.69, 9.17) is 0 Å². The number of rotatable bonds is 3. The Morgan fingerprint density at radius 2 is 2.00 bits per heavy atom. The number of carbonyl (C=O) groups excluding carboxylic acids is 1. The highest BCUT2D eigenvalue weighted by Crippen LogP contribution is 2.27. The van der Waals surface area contributed by atoms with E-state index in [1.54, 1.807) is 0 Å². The fourth-order valence-corrected chi connectivity index (χ4v) is 2.80. The summed E-state index contributed by atoms with van der Waals surface area (Å²) in [6.45, 7) is 4.02. The lowest BCUT2D eigenvalue weighted by Crippen LogP contribution is -2.41. The molecule has 0 aromatic rings. The molecule has 2 unspecified atom stereocenters. The summed E-state index contributed by atoms with van der Waals surface area (Å²) in [5.74, 6) is 1.21. The van der Waals surface area contributed by atoms with E-state index in [1.807, 2.05) is 0 Å². The first-order valence-electron chi connectivity index (χ1n) is 6.28. The van der Waals surface area contributed by atoms with Gasteiger partial charge in [0.2, 0.25) is 5.91 Å². The minimum atomic E-state index is 0. The molecular formula is C12H23ClN2O. The lowest BCUT2D eigenvalue weighted by Gasteiger charge is -2.22. The van der Waals surface area contributed by atoms with E-state index < -0.39 is 0 Å². The molecular weight excluding hydrogens is 224 g/mol. The maximum absolute atomic E-state index is 11.9. The predicted octanol–water partition coefficient (Wildman–Crippen LogP) is 1.71. The van der Waals surface area contributed by atoms with Crippen LogP contribution in [-0.4, -0.2) is 25.0 Å². The number of carbonyl (C=O) groups is 1. The van der Waals surface area contributed by atoms with Crippen LogP contribution in [0.4, 0.5) is 0 Å². The topological polar surface area (TPSA) is 41.1 Å². The Morgan fingerprint density at radius 3 is 2.56 bits per heavy atom. The van der Waals surface area contributed by atoms with Gasteiger partial charge in [-0.2, -0.15) is 0 Å². The molecule has 3 nitrogen and oxygen atoms in total. The molecule has 1 aliphatic carbocycles. The van der Waals surface area contributed by atoms with Crippen molar-refractivity contribution in [2.24, 2.45) is 11.8 Å². The maximum atomic E-state index is 11.9. The van der Waals surface area contributed by atoms with Crippen molar-refractivity contribution in [3.05, 3.63) is 0 Å². The van der Waals surface area contributed by atoms with Gasteiger partial charge in [0.15, 0.2) is 0 Å². The Bertz CT molecular complexity index is 223. The van der Waals surface area contributed by atoms with E-state index in [0.717, 1.165) is 25.4 Å². The number of hydrogen-bond acceptors (Lipinski definition) is 2. The lowest BCUT2D eigenvalue weighted by molar-refractivity contribution is -0.125. The van der Waals surface area contributed by atoms with Crippen LogP contribution in [0.15, 0.2) is 0 Å². The van der Waals surface area contributed by atoms with Gasteiger partial charge in [-0.1, -0.05) is 12.8 Å². The van der Waals surface area contributed by atoms with Gasteiger partial charge in [-0.05, 0) is 38.6 Å². The normalized spacial score (nSPS) is 27.4. The Hall–Kier alpha value is -0.280. The summed E-state index contributed by atoms with van der Waals surface area (Å²) in [5, 5.41) is 6.42. The van der Waals surface area contributed by atoms with Crippen molar-refractivity contribution >= 4 is 18.3 Å². The largest absolute Gasteiger partial charge is 0.353 e. The number of halogens is 1. The van der Waals surface area contributed by atoms with Gasteiger partial charge in [0.05, 0.1) is 5.92 Å². The molecule has 16 heavy (non-hydrogen) atoms. The van der Waals surface area contributed by atoms with Crippen molar-refractivity contribution in [3.8, 4) is 0 Å². The first kappa shape index (κ1) is 13.8.